The summed E-state index contributed by atoms with van der Waals surface area (Å²) in [5.41, 5.74) is 1.39. The zero-order valence-corrected chi connectivity index (χ0v) is 11.9. The van der Waals surface area contributed by atoms with E-state index in [1.54, 1.807) is 29.9 Å². The Morgan fingerprint density at radius 3 is 2.67 bits per heavy atom. The SMILES string of the molecule is CCN(C(=O)O)[C@@H](C)Cn1cc(-c2ccc(F)cc2)nn1. The average molecular weight is 292 g/mol. The number of likely N-dealkylation sites (N-methyl/N-ethyl adjacent to an activating group) is 1. The lowest BCUT2D eigenvalue weighted by atomic mass is 10.2. The molecule has 0 radical (unpaired) electrons. The standard InChI is InChI=1S/C14H17FN4O2/c1-3-19(14(20)21)10(2)8-18-9-13(16-17-18)11-4-6-12(15)7-5-11/h4-7,9-10H,3,8H2,1-2H3,(H,20,21)/t10-/m0/s1. The van der Waals surface area contributed by atoms with Crippen LogP contribution in [0.2, 0.25) is 0 Å². The Balaban J connectivity index is 2.09. The minimum absolute atomic E-state index is 0.213. The summed E-state index contributed by atoms with van der Waals surface area (Å²) >= 11 is 0. The maximum Gasteiger partial charge on any atom is 0.407 e. The fourth-order valence-electron chi connectivity index (χ4n) is 2.15. The smallest absolute Gasteiger partial charge is 0.407 e. The highest BCUT2D eigenvalue weighted by Crippen LogP contribution is 2.16. The van der Waals surface area contributed by atoms with Crippen molar-refractivity contribution < 1.29 is 14.3 Å². The Labute approximate surface area is 121 Å². The first kappa shape index (κ1) is 15.0. The van der Waals surface area contributed by atoms with Gasteiger partial charge in [0.2, 0.25) is 0 Å². The van der Waals surface area contributed by atoms with Crippen LogP contribution in [0.25, 0.3) is 11.3 Å². The molecule has 2 rings (SSSR count). The van der Waals surface area contributed by atoms with Crippen LogP contribution < -0.4 is 0 Å². The molecule has 0 unspecified atom stereocenters. The van der Waals surface area contributed by atoms with Gasteiger partial charge in [-0.15, -0.1) is 5.10 Å². The zero-order chi connectivity index (χ0) is 15.4. The zero-order valence-electron chi connectivity index (χ0n) is 11.9. The normalized spacial score (nSPS) is 12.1. The van der Waals surface area contributed by atoms with Crippen LogP contribution in [0.15, 0.2) is 30.5 Å². The van der Waals surface area contributed by atoms with Crippen LogP contribution in [0.1, 0.15) is 13.8 Å². The van der Waals surface area contributed by atoms with Gasteiger partial charge in [0, 0.05) is 12.1 Å². The van der Waals surface area contributed by atoms with Crippen molar-refractivity contribution in [2.45, 2.75) is 26.4 Å². The highest BCUT2D eigenvalue weighted by atomic mass is 19.1. The second kappa shape index (κ2) is 6.34. The molecule has 1 N–H and O–H groups in total. The summed E-state index contributed by atoms with van der Waals surface area (Å²) in [6, 6.07) is 5.77. The summed E-state index contributed by atoms with van der Waals surface area (Å²) in [6.07, 6.45) is 0.767. The van der Waals surface area contributed by atoms with Gasteiger partial charge in [0.05, 0.1) is 18.8 Å². The molecule has 1 aromatic carbocycles. The molecule has 2 aromatic rings. The molecule has 0 spiro atoms. The molecule has 1 heterocycles. The molecule has 21 heavy (non-hydrogen) atoms. The van der Waals surface area contributed by atoms with E-state index in [0.29, 0.717) is 18.8 Å². The Morgan fingerprint density at radius 1 is 1.43 bits per heavy atom. The van der Waals surface area contributed by atoms with Crippen LogP contribution in [0.5, 0.6) is 0 Å². The van der Waals surface area contributed by atoms with Gasteiger partial charge in [-0.1, -0.05) is 5.21 Å². The van der Waals surface area contributed by atoms with E-state index in [1.807, 2.05) is 6.92 Å². The van der Waals surface area contributed by atoms with Crippen molar-refractivity contribution in [3.05, 3.63) is 36.3 Å². The lowest BCUT2D eigenvalue weighted by Gasteiger charge is -2.24. The maximum absolute atomic E-state index is 12.9. The molecule has 0 aliphatic carbocycles. The minimum atomic E-state index is -0.955. The highest BCUT2D eigenvalue weighted by Gasteiger charge is 2.18. The second-order valence-electron chi connectivity index (χ2n) is 4.75. The molecule has 1 aromatic heterocycles. The fraction of sp³-hybridized carbons (Fsp3) is 0.357. The van der Waals surface area contributed by atoms with Crippen molar-refractivity contribution >= 4 is 6.09 Å². The van der Waals surface area contributed by atoms with Crippen molar-refractivity contribution in [3.63, 3.8) is 0 Å². The number of nitrogens with zero attached hydrogens (tertiary/aromatic N) is 4. The predicted octanol–water partition coefficient (Wildman–Crippen LogP) is 2.47. The van der Waals surface area contributed by atoms with Gasteiger partial charge in [-0.3, -0.25) is 0 Å². The third-order valence-electron chi connectivity index (χ3n) is 3.25. The molecule has 0 saturated heterocycles. The van der Waals surface area contributed by atoms with Gasteiger partial charge in [-0.25, -0.2) is 13.9 Å². The van der Waals surface area contributed by atoms with Crippen LogP contribution in [-0.2, 0) is 6.54 Å². The number of hydrogen-bond acceptors (Lipinski definition) is 3. The highest BCUT2D eigenvalue weighted by molar-refractivity contribution is 5.65. The maximum atomic E-state index is 12.9. The van der Waals surface area contributed by atoms with E-state index < -0.39 is 6.09 Å². The van der Waals surface area contributed by atoms with E-state index in [1.165, 1.54) is 17.0 Å². The molecule has 0 fully saturated rings. The third kappa shape index (κ3) is 3.56. The molecule has 0 bridgehead atoms. The summed E-state index contributed by atoms with van der Waals surface area (Å²) in [5.74, 6) is -0.306. The fourth-order valence-corrected chi connectivity index (χ4v) is 2.15. The molecular formula is C14H17FN4O2. The van der Waals surface area contributed by atoms with Gasteiger partial charge in [-0.2, -0.15) is 0 Å². The van der Waals surface area contributed by atoms with Gasteiger partial charge < -0.3 is 10.0 Å². The molecule has 112 valence electrons. The molecule has 1 amide bonds. The summed E-state index contributed by atoms with van der Waals surface area (Å²) in [5, 5.41) is 17.1. The third-order valence-corrected chi connectivity index (χ3v) is 3.25. The van der Waals surface area contributed by atoms with E-state index in [0.717, 1.165) is 5.56 Å². The Bertz CT molecular complexity index is 612. The number of carbonyl (C=O) groups is 1. The number of halogens is 1. The molecule has 0 aliphatic heterocycles. The van der Waals surface area contributed by atoms with E-state index >= 15 is 0 Å². The molecule has 1 atom stereocenters. The van der Waals surface area contributed by atoms with Crippen molar-refractivity contribution in [2.75, 3.05) is 6.54 Å². The number of carboxylic acid groups (broad SMARTS) is 1. The molecule has 7 heteroatoms. The van der Waals surface area contributed by atoms with E-state index in [4.69, 9.17) is 5.11 Å². The van der Waals surface area contributed by atoms with Crippen LogP contribution >= 0.6 is 0 Å². The van der Waals surface area contributed by atoms with Crippen molar-refractivity contribution in [3.8, 4) is 11.3 Å². The Hall–Kier alpha value is -2.44. The molecule has 0 aliphatic rings. The Kier molecular flexibility index (Phi) is 4.52. The van der Waals surface area contributed by atoms with Crippen molar-refractivity contribution in [2.24, 2.45) is 0 Å². The monoisotopic (exact) mass is 292 g/mol. The number of benzene rings is 1. The lowest BCUT2D eigenvalue weighted by Crippen LogP contribution is -2.40. The van der Waals surface area contributed by atoms with Gasteiger partial charge >= 0.3 is 6.09 Å². The molecule has 0 saturated carbocycles. The van der Waals surface area contributed by atoms with Crippen molar-refractivity contribution in [1.29, 1.82) is 0 Å². The van der Waals surface area contributed by atoms with Gasteiger partial charge in [0.1, 0.15) is 11.5 Å². The van der Waals surface area contributed by atoms with Gasteiger partial charge in [0.25, 0.3) is 0 Å². The number of rotatable bonds is 5. The topological polar surface area (TPSA) is 71.2 Å². The quantitative estimate of drug-likeness (QED) is 0.919. The lowest BCUT2D eigenvalue weighted by molar-refractivity contribution is 0.125. The minimum Gasteiger partial charge on any atom is -0.465 e. The summed E-state index contributed by atoms with van der Waals surface area (Å²) < 4.78 is 14.5. The van der Waals surface area contributed by atoms with Crippen LogP contribution in [0.3, 0.4) is 0 Å². The van der Waals surface area contributed by atoms with Crippen LogP contribution in [0, 0.1) is 5.82 Å². The van der Waals surface area contributed by atoms with Crippen LogP contribution in [0.4, 0.5) is 9.18 Å². The number of amides is 1. The first-order chi connectivity index (χ1) is 10.0. The molecular weight excluding hydrogens is 275 g/mol. The van der Waals surface area contributed by atoms with E-state index in [9.17, 15) is 9.18 Å². The van der Waals surface area contributed by atoms with E-state index in [-0.39, 0.29) is 11.9 Å². The van der Waals surface area contributed by atoms with Crippen LogP contribution in [-0.4, -0.2) is 43.7 Å². The largest absolute Gasteiger partial charge is 0.465 e. The summed E-state index contributed by atoms with van der Waals surface area (Å²) in [7, 11) is 0. The first-order valence-corrected chi connectivity index (χ1v) is 6.67. The first-order valence-electron chi connectivity index (χ1n) is 6.67. The number of aromatic nitrogens is 3. The summed E-state index contributed by atoms with van der Waals surface area (Å²) in [6.45, 7) is 4.43. The Morgan fingerprint density at radius 2 is 2.10 bits per heavy atom. The second-order valence-corrected chi connectivity index (χ2v) is 4.75. The summed E-state index contributed by atoms with van der Waals surface area (Å²) in [4.78, 5) is 12.4. The average Bonchev–Trinajstić information content (AvgIpc) is 2.88. The van der Waals surface area contributed by atoms with Gasteiger partial charge in [0.15, 0.2) is 0 Å². The number of hydrogen-bond donors (Lipinski definition) is 1. The van der Waals surface area contributed by atoms with Gasteiger partial charge in [-0.05, 0) is 38.1 Å². The predicted molar refractivity (Wildman–Crippen MR) is 75.3 cm³/mol. The molecule has 6 nitrogen and oxygen atoms in total. The van der Waals surface area contributed by atoms with E-state index in [2.05, 4.69) is 10.3 Å². The van der Waals surface area contributed by atoms with Crippen molar-refractivity contribution in [1.82, 2.24) is 19.9 Å².